The summed E-state index contributed by atoms with van der Waals surface area (Å²) in [6, 6.07) is 5.86. The van der Waals surface area contributed by atoms with Gasteiger partial charge in [0.1, 0.15) is 0 Å². The van der Waals surface area contributed by atoms with Gasteiger partial charge in [0.15, 0.2) is 17.7 Å². The number of morpholine rings is 1. The number of nitrogens with zero attached hydrogens (tertiary/aromatic N) is 4. The molecule has 0 saturated carbocycles. The first-order chi connectivity index (χ1) is 13.4. The molecule has 1 fully saturated rings. The Morgan fingerprint density at radius 1 is 1.11 bits per heavy atom. The lowest BCUT2D eigenvalue weighted by Gasteiger charge is -2.30. The van der Waals surface area contributed by atoms with Gasteiger partial charge in [-0.05, 0) is 30.3 Å². The molecule has 1 aromatic carbocycles. The number of benzene rings is 1. The number of hydrogen-bond donors (Lipinski definition) is 0. The van der Waals surface area contributed by atoms with Gasteiger partial charge in [0, 0.05) is 31.0 Å². The van der Waals surface area contributed by atoms with Crippen LogP contribution in [0.3, 0.4) is 0 Å². The molecule has 1 unspecified atom stereocenters. The molecule has 0 spiro atoms. The third-order valence-electron chi connectivity index (χ3n) is 4.21. The zero-order chi connectivity index (χ0) is 19.7. The summed E-state index contributed by atoms with van der Waals surface area (Å²) < 4.78 is 64.0. The second-order valence-corrected chi connectivity index (χ2v) is 7.93. The number of sulfonamides is 1. The summed E-state index contributed by atoms with van der Waals surface area (Å²) in [5.74, 6) is -1.91. The molecule has 0 bridgehead atoms. The van der Waals surface area contributed by atoms with Crippen molar-refractivity contribution in [2.75, 3.05) is 19.7 Å². The maximum absolute atomic E-state index is 13.5. The Kier molecular flexibility index (Phi) is 4.87. The molecule has 4 rings (SSSR count). The Morgan fingerprint density at radius 2 is 1.89 bits per heavy atom. The van der Waals surface area contributed by atoms with Gasteiger partial charge in [-0.3, -0.25) is 4.98 Å². The fraction of sp³-hybridized carbons (Fsp3) is 0.235. The minimum absolute atomic E-state index is 0.0587. The van der Waals surface area contributed by atoms with Crippen molar-refractivity contribution < 1.29 is 26.5 Å². The number of aromatic nitrogens is 3. The third kappa shape index (κ3) is 3.51. The Bertz CT molecular complexity index is 1090. The first-order valence-corrected chi connectivity index (χ1v) is 9.70. The van der Waals surface area contributed by atoms with Crippen molar-refractivity contribution in [2.45, 2.75) is 11.0 Å². The SMILES string of the molecule is O=S(=O)(c1ccc(F)c(F)c1)N1CCOC(c2nc(-c3ccncc3)no2)C1. The van der Waals surface area contributed by atoms with Crippen LogP contribution in [0.4, 0.5) is 8.78 Å². The Hall–Kier alpha value is -2.76. The molecular weight excluding hydrogens is 394 g/mol. The van der Waals surface area contributed by atoms with Crippen molar-refractivity contribution in [1.82, 2.24) is 19.4 Å². The minimum Gasteiger partial charge on any atom is -0.366 e. The zero-order valence-corrected chi connectivity index (χ0v) is 15.1. The molecule has 0 N–H and O–H groups in total. The van der Waals surface area contributed by atoms with E-state index in [1.165, 1.54) is 0 Å². The van der Waals surface area contributed by atoms with Gasteiger partial charge in [0.25, 0.3) is 5.89 Å². The average Bonchev–Trinajstić information content (AvgIpc) is 3.21. The second-order valence-electron chi connectivity index (χ2n) is 5.99. The lowest BCUT2D eigenvalue weighted by molar-refractivity contribution is -0.0199. The van der Waals surface area contributed by atoms with Crippen molar-refractivity contribution >= 4 is 10.0 Å². The first kappa shape index (κ1) is 18.6. The predicted molar refractivity (Wildman–Crippen MR) is 91.3 cm³/mol. The summed E-state index contributed by atoms with van der Waals surface area (Å²) in [5.41, 5.74) is 0.687. The summed E-state index contributed by atoms with van der Waals surface area (Å²) in [5, 5.41) is 3.88. The van der Waals surface area contributed by atoms with Gasteiger partial charge in [-0.15, -0.1) is 0 Å². The molecule has 1 aliphatic rings. The number of halogens is 2. The first-order valence-electron chi connectivity index (χ1n) is 8.26. The van der Waals surface area contributed by atoms with Crippen LogP contribution in [0.15, 0.2) is 52.1 Å². The van der Waals surface area contributed by atoms with Gasteiger partial charge >= 0.3 is 0 Å². The molecule has 0 amide bonds. The summed E-state index contributed by atoms with van der Waals surface area (Å²) >= 11 is 0. The minimum atomic E-state index is -4.04. The number of pyridine rings is 1. The predicted octanol–water partition coefficient (Wildman–Crippen LogP) is 2.17. The van der Waals surface area contributed by atoms with Crippen LogP contribution >= 0.6 is 0 Å². The van der Waals surface area contributed by atoms with Crippen LogP contribution in [-0.4, -0.2) is 47.5 Å². The molecule has 146 valence electrons. The third-order valence-corrected chi connectivity index (χ3v) is 6.07. The van der Waals surface area contributed by atoms with Crippen molar-refractivity contribution in [3.8, 4) is 11.4 Å². The van der Waals surface area contributed by atoms with Gasteiger partial charge in [0.05, 0.1) is 11.5 Å². The van der Waals surface area contributed by atoms with Crippen molar-refractivity contribution in [3.05, 3.63) is 60.3 Å². The lowest BCUT2D eigenvalue weighted by atomic mass is 10.2. The van der Waals surface area contributed by atoms with E-state index in [1.54, 1.807) is 24.5 Å². The molecule has 28 heavy (non-hydrogen) atoms. The fourth-order valence-electron chi connectivity index (χ4n) is 2.76. The number of rotatable bonds is 4. The van der Waals surface area contributed by atoms with Crippen LogP contribution in [0.5, 0.6) is 0 Å². The average molecular weight is 408 g/mol. The van der Waals surface area contributed by atoms with E-state index in [-0.39, 0.29) is 30.5 Å². The molecule has 1 atom stereocenters. The van der Waals surface area contributed by atoms with E-state index in [1.807, 2.05) is 0 Å². The van der Waals surface area contributed by atoms with E-state index in [0.717, 1.165) is 16.4 Å². The van der Waals surface area contributed by atoms with E-state index in [4.69, 9.17) is 9.26 Å². The smallest absolute Gasteiger partial charge is 0.257 e. The number of ether oxygens (including phenoxy) is 1. The highest BCUT2D eigenvalue weighted by Crippen LogP contribution is 2.27. The molecular formula is C17H14F2N4O4S. The Labute approximate surface area is 158 Å². The number of hydrogen-bond acceptors (Lipinski definition) is 7. The highest BCUT2D eigenvalue weighted by Gasteiger charge is 2.34. The van der Waals surface area contributed by atoms with Crippen molar-refractivity contribution in [1.29, 1.82) is 0 Å². The molecule has 1 aliphatic heterocycles. The standard InChI is InChI=1S/C17H14F2N4O4S/c18-13-2-1-12(9-14(13)19)28(24,25)23-7-8-26-15(10-23)17-21-16(22-27-17)11-3-5-20-6-4-11/h1-6,9,15H,7-8,10H2. The van der Waals surface area contributed by atoms with E-state index in [2.05, 4.69) is 15.1 Å². The molecule has 3 aromatic rings. The van der Waals surface area contributed by atoms with Crippen LogP contribution in [0.25, 0.3) is 11.4 Å². The summed E-state index contributed by atoms with van der Waals surface area (Å²) in [6.07, 6.45) is 2.38. The van der Waals surface area contributed by atoms with Gasteiger partial charge in [-0.1, -0.05) is 5.16 Å². The van der Waals surface area contributed by atoms with E-state index < -0.39 is 27.8 Å². The summed E-state index contributed by atoms with van der Waals surface area (Å²) in [6.45, 7) is 0.0447. The maximum Gasteiger partial charge on any atom is 0.257 e. The van der Waals surface area contributed by atoms with Crippen molar-refractivity contribution in [3.63, 3.8) is 0 Å². The highest BCUT2D eigenvalue weighted by atomic mass is 32.2. The Morgan fingerprint density at radius 3 is 2.64 bits per heavy atom. The van der Waals surface area contributed by atoms with Crippen LogP contribution in [0, 0.1) is 11.6 Å². The fourth-order valence-corrected chi connectivity index (χ4v) is 4.20. The van der Waals surface area contributed by atoms with Crippen LogP contribution < -0.4 is 0 Å². The maximum atomic E-state index is 13.5. The van der Waals surface area contributed by atoms with Crippen molar-refractivity contribution in [2.24, 2.45) is 0 Å². The molecule has 0 radical (unpaired) electrons. The molecule has 0 aliphatic carbocycles. The highest BCUT2D eigenvalue weighted by molar-refractivity contribution is 7.89. The summed E-state index contributed by atoms with van der Waals surface area (Å²) in [4.78, 5) is 7.83. The Balaban J connectivity index is 1.56. The van der Waals surface area contributed by atoms with Crippen LogP contribution in [0.1, 0.15) is 12.0 Å². The molecule has 1 saturated heterocycles. The van der Waals surface area contributed by atoms with Crippen LogP contribution in [-0.2, 0) is 14.8 Å². The van der Waals surface area contributed by atoms with Gasteiger partial charge in [-0.25, -0.2) is 17.2 Å². The van der Waals surface area contributed by atoms with E-state index in [9.17, 15) is 17.2 Å². The van der Waals surface area contributed by atoms with E-state index >= 15 is 0 Å². The normalized spacial score (nSPS) is 18.3. The largest absolute Gasteiger partial charge is 0.366 e. The monoisotopic (exact) mass is 408 g/mol. The van der Waals surface area contributed by atoms with Gasteiger partial charge in [-0.2, -0.15) is 9.29 Å². The molecule has 11 heteroatoms. The zero-order valence-electron chi connectivity index (χ0n) is 14.3. The quantitative estimate of drug-likeness (QED) is 0.652. The second kappa shape index (κ2) is 7.34. The van der Waals surface area contributed by atoms with E-state index in [0.29, 0.717) is 17.5 Å². The molecule has 3 heterocycles. The summed E-state index contributed by atoms with van der Waals surface area (Å²) in [7, 11) is -4.04. The molecule has 2 aromatic heterocycles. The van der Waals surface area contributed by atoms with Gasteiger partial charge in [0.2, 0.25) is 15.8 Å². The van der Waals surface area contributed by atoms with Gasteiger partial charge < -0.3 is 9.26 Å². The lowest BCUT2D eigenvalue weighted by Crippen LogP contribution is -2.42. The molecule has 8 nitrogen and oxygen atoms in total. The topological polar surface area (TPSA) is 98.4 Å². The van der Waals surface area contributed by atoms with Crippen LogP contribution in [0.2, 0.25) is 0 Å².